The molecule has 0 aliphatic carbocycles. The number of rotatable bonds is 15. The maximum absolute atomic E-state index is 13.3. The predicted octanol–water partition coefficient (Wildman–Crippen LogP) is -2.88. The largest absolute Gasteiger partial charge is 0.508 e. The van der Waals surface area contributed by atoms with Gasteiger partial charge in [-0.3, -0.25) is 24.0 Å². The number of nitrogens with two attached hydrogens (primary N) is 2. The molecule has 210 valence electrons. The summed E-state index contributed by atoms with van der Waals surface area (Å²) in [6.07, 6.45) is 0.948. The quantitative estimate of drug-likeness (QED) is 0.109. The zero-order valence-corrected chi connectivity index (χ0v) is 20.5. The average molecular weight is 548 g/mol. The Balaban J connectivity index is 2.30. The van der Waals surface area contributed by atoms with Crippen LogP contribution in [0.4, 0.5) is 0 Å². The fourth-order valence-electron chi connectivity index (χ4n) is 3.41. The molecule has 4 atom stereocenters. The van der Waals surface area contributed by atoms with Gasteiger partial charge in [-0.15, -0.1) is 0 Å². The van der Waals surface area contributed by atoms with Gasteiger partial charge in [0, 0.05) is 24.7 Å². The van der Waals surface area contributed by atoms with Gasteiger partial charge in [-0.05, 0) is 17.7 Å². The lowest BCUT2D eigenvalue weighted by atomic mass is 10.0. The lowest BCUT2D eigenvalue weighted by molar-refractivity contribution is -0.143. The standard InChI is InChI=1S/C23H29N7O9/c24-14(7-19(33)34)20(35)28-15(5-11-1-3-13(31)4-2-11)21(36)29-16(6-12-9-26-10-27-12)22(37)30-17(23(38)39)8-18(25)32/h1-4,9-10,14-17,31H,5-8,24H2,(H2,25,32)(H,26,27)(H,28,35)(H,29,36)(H,30,37)(H,33,34)(H,38,39). The van der Waals surface area contributed by atoms with Gasteiger partial charge in [-0.1, -0.05) is 12.1 Å². The van der Waals surface area contributed by atoms with Crippen LogP contribution in [0.1, 0.15) is 24.1 Å². The molecule has 0 aliphatic rings. The maximum atomic E-state index is 13.3. The zero-order chi connectivity index (χ0) is 29.1. The fourth-order valence-corrected chi connectivity index (χ4v) is 3.41. The lowest BCUT2D eigenvalue weighted by Crippen LogP contribution is -2.58. The maximum Gasteiger partial charge on any atom is 0.326 e. The van der Waals surface area contributed by atoms with Crippen molar-refractivity contribution in [3.8, 4) is 5.75 Å². The summed E-state index contributed by atoms with van der Waals surface area (Å²) in [4.78, 5) is 79.1. The van der Waals surface area contributed by atoms with Gasteiger partial charge < -0.3 is 47.7 Å². The minimum absolute atomic E-state index is 0.0486. The number of carbonyl (C=O) groups is 6. The number of imidazole rings is 1. The number of aromatic hydroxyl groups is 1. The first kappa shape index (κ1) is 30.2. The van der Waals surface area contributed by atoms with Gasteiger partial charge in [0.25, 0.3) is 0 Å². The zero-order valence-electron chi connectivity index (χ0n) is 20.5. The van der Waals surface area contributed by atoms with Crippen molar-refractivity contribution in [1.82, 2.24) is 25.9 Å². The number of carboxylic acid groups (broad SMARTS) is 2. The topological polar surface area (TPSA) is 280 Å². The van der Waals surface area contributed by atoms with Crippen LogP contribution in [0.3, 0.4) is 0 Å². The number of amides is 4. The van der Waals surface area contributed by atoms with Crippen LogP contribution in [0, 0.1) is 0 Å². The first-order valence-electron chi connectivity index (χ1n) is 11.5. The number of carbonyl (C=O) groups excluding carboxylic acids is 4. The molecule has 1 aromatic carbocycles. The van der Waals surface area contributed by atoms with Crippen molar-refractivity contribution in [2.24, 2.45) is 11.5 Å². The van der Waals surface area contributed by atoms with Gasteiger partial charge in [0.1, 0.15) is 23.9 Å². The molecule has 16 heteroatoms. The molecule has 0 aliphatic heterocycles. The number of nitrogens with one attached hydrogen (secondary N) is 4. The number of phenolic OH excluding ortho intramolecular Hbond substituents is 1. The Morgan fingerprint density at radius 2 is 1.41 bits per heavy atom. The molecule has 0 saturated carbocycles. The number of H-pyrrole nitrogens is 1. The minimum Gasteiger partial charge on any atom is -0.508 e. The van der Waals surface area contributed by atoms with E-state index in [4.69, 9.17) is 16.6 Å². The first-order chi connectivity index (χ1) is 18.3. The van der Waals surface area contributed by atoms with E-state index in [-0.39, 0.29) is 18.6 Å². The second kappa shape index (κ2) is 14.1. The van der Waals surface area contributed by atoms with E-state index in [1.54, 1.807) is 0 Å². The molecule has 2 rings (SSSR count). The second-order valence-electron chi connectivity index (χ2n) is 8.55. The Kier molecular flexibility index (Phi) is 10.9. The molecule has 1 heterocycles. The number of hydrogen-bond acceptors (Lipinski definition) is 9. The highest BCUT2D eigenvalue weighted by molar-refractivity contribution is 5.95. The van der Waals surface area contributed by atoms with Crippen molar-refractivity contribution in [3.63, 3.8) is 0 Å². The van der Waals surface area contributed by atoms with Crippen LogP contribution in [0.15, 0.2) is 36.8 Å². The highest BCUT2D eigenvalue weighted by Gasteiger charge is 2.31. The molecule has 0 spiro atoms. The molecule has 39 heavy (non-hydrogen) atoms. The molecule has 4 amide bonds. The molecule has 0 saturated heterocycles. The number of aliphatic carboxylic acids is 2. The fraction of sp³-hybridized carbons (Fsp3) is 0.348. The summed E-state index contributed by atoms with van der Waals surface area (Å²) in [5.41, 5.74) is 11.6. The third-order valence-corrected chi connectivity index (χ3v) is 5.37. The van der Waals surface area contributed by atoms with E-state index in [0.29, 0.717) is 11.3 Å². The molecular weight excluding hydrogens is 518 g/mol. The summed E-state index contributed by atoms with van der Waals surface area (Å²) in [7, 11) is 0. The Hall–Kier alpha value is -4.99. The van der Waals surface area contributed by atoms with E-state index in [9.17, 15) is 39.0 Å². The van der Waals surface area contributed by atoms with Crippen molar-refractivity contribution >= 4 is 35.6 Å². The number of nitrogens with zero attached hydrogens (tertiary/aromatic N) is 1. The number of benzene rings is 1. The Morgan fingerprint density at radius 1 is 0.846 bits per heavy atom. The molecule has 1 aromatic heterocycles. The van der Waals surface area contributed by atoms with Crippen LogP contribution >= 0.6 is 0 Å². The van der Waals surface area contributed by atoms with Crippen LogP contribution in [0.25, 0.3) is 0 Å². The van der Waals surface area contributed by atoms with Gasteiger partial charge >= 0.3 is 11.9 Å². The normalized spacial score (nSPS) is 13.8. The number of hydrogen-bond donors (Lipinski definition) is 9. The number of aromatic amines is 1. The molecule has 11 N–H and O–H groups in total. The van der Waals surface area contributed by atoms with E-state index in [0.717, 1.165) is 0 Å². The first-order valence-corrected chi connectivity index (χ1v) is 11.5. The van der Waals surface area contributed by atoms with Crippen molar-refractivity contribution in [1.29, 1.82) is 0 Å². The second-order valence-corrected chi connectivity index (χ2v) is 8.55. The number of aromatic nitrogens is 2. The monoisotopic (exact) mass is 547 g/mol. The summed E-state index contributed by atoms with van der Waals surface area (Å²) in [6, 6.07) is -0.253. The van der Waals surface area contributed by atoms with Crippen molar-refractivity contribution in [3.05, 3.63) is 48.0 Å². The van der Waals surface area contributed by atoms with Crippen LogP contribution in [-0.4, -0.2) is 85.0 Å². The van der Waals surface area contributed by atoms with Gasteiger partial charge in [-0.2, -0.15) is 0 Å². The summed E-state index contributed by atoms with van der Waals surface area (Å²) >= 11 is 0. The molecule has 2 aromatic rings. The van der Waals surface area contributed by atoms with Gasteiger partial charge in [0.05, 0.1) is 25.2 Å². The van der Waals surface area contributed by atoms with Crippen LogP contribution < -0.4 is 27.4 Å². The van der Waals surface area contributed by atoms with Gasteiger partial charge in [0.2, 0.25) is 23.6 Å². The van der Waals surface area contributed by atoms with E-state index >= 15 is 0 Å². The highest BCUT2D eigenvalue weighted by atomic mass is 16.4. The molecule has 0 bridgehead atoms. The number of carboxylic acids is 2. The van der Waals surface area contributed by atoms with E-state index < -0.39 is 72.6 Å². The molecule has 4 unspecified atom stereocenters. The van der Waals surface area contributed by atoms with Crippen LogP contribution in [-0.2, 0) is 41.6 Å². The molecule has 0 radical (unpaired) electrons. The Morgan fingerprint density at radius 3 is 1.92 bits per heavy atom. The van der Waals surface area contributed by atoms with Crippen LogP contribution in [0.2, 0.25) is 0 Å². The molecular formula is C23H29N7O9. The van der Waals surface area contributed by atoms with Gasteiger partial charge in [0.15, 0.2) is 0 Å². The third-order valence-electron chi connectivity index (χ3n) is 5.37. The van der Waals surface area contributed by atoms with Crippen molar-refractivity contribution in [2.45, 2.75) is 49.9 Å². The minimum atomic E-state index is -1.67. The number of primary amides is 1. The Labute approximate surface area is 221 Å². The van der Waals surface area contributed by atoms with Gasteiger partial charge in [-0.25, -0.2) is 9.78 Å². The summed E-state index contributed by atoms with van der Waals surface area (Å²) in [6.45, 7) is 0. The Bertz CT molecular complexity index is 1190. The predicted molar refractivity (Wildman–Crippen MR) is 132 cm³/mol. The highest BCUT2D eigenvalue weighted by Crippen LogP contribution is 2.12. The summed E-state index contributed by atoms with van der Waals surface area (Å²) in [5, 5.41) is 34.7. The third kappa shape index (κ3) is 10.1. The smallest absolute Gasteiger partial charge is 0.326 e. The average Bonchev–Trinajstić information content (AvgIpc) is 3.36. The molecule has 16 nitrogen and oxygen atoms in total. The SMILES string of the molecule is NC(=O)CC(NC(=O)C(Cc1cnc[nH]1)NC(=O)C(Cc1ccc(O)cc1)NC(=O)C(N)CC(=O)O)C(=O)O. The number of phenols is 1. The lowest BCUT2D eigenvalue weighted by Gasteiger charge is -2.25. The van der Waals surface area contributed by atoms with Crippen molar-refractivity contribution in [2.75, 3.05) is 0 Å². The molecule has 0 fully saturated rings. The van der Waals surface area contributed by atoms with E-state index in [2.05, 4.69) is 25.9 Å². The summed E-state index contributed by atoms with van der Waals surface area (Å²) in [5.74, 6) is -6.70. The summed E-state index contributed by atoms with van der Waals surface area (Å²) < 4.78 is 0. The van der Waals surface area contributed by atoms with Crippen LogP contribution in [0.5, 0.6) is 5.75 Å². The van der Waals surface area contributed by atoms with E-state index in [1.165, 1.54) is 36.8 Å². The van der Waals surface area contributed by atoms with E-state index in [1.807, 2.05) is 0 Å². The van der Waals surface area contributed by atoms with Crippen molar-refractivity contribution < 1.29 is 44.1 Å².